The third-order valence-electron chi connectivity index (χ3n) is 2.32. The summed E-state index contributed by atoms with van der Waals surface area (Å²) in [4.78, 5) is 19.6. The van der Waals surface area contributed by atoms with E-state index in [4.69, 9.17) is 4.74 Å². The molecule has 1 heterocycles. The minimum absolute atomic E-state index is 0.0327. The molecular weight excluding hydrogens is 192 g/mol. The number of Topliss-reactive ketones (excluding diaryl/α,β-unsaturated/α-hetero) is 1. The molecule has 0 saturated heterocycles. The highest BCUT2D eigenvalue weighted by Gasteiger charge is 2.13. The largest absolute Gasteiger partial charge is 0.481 e. The molecule has 1 rings (SSSR count). The van der Waals surface area contributed by atoms with E-state index in [0.717, 1.165) is 11.3 Å². The Morgan fingerprint density at radius 2 is 2.13 bits per heavy atom. The van der Waals surface area contributed by atoms with Crippen LogP contribution in [-0.2, 0) is 11.2 Å². The van der Waals surface area contributed by atoms with Crippen LogP contribution in [0.2, 0.25) is 0 Å². The molecule has 0 aliphatic rings. The van der Waals surface area contributed by atoms with Gasteiger partial charge in [-0.3, -0.25) is 4.79 Å². The Morgan fingerprint density at radius 1 is 1.47 bits per heavy atom. The number of carbonyl (C=O) groups excluding carboxylic acids is 1. The molecule has 15 heavy (non-hydrogen) atoms. The molecule has 82 valence electrons. The average Bonchev–Trinajstić information content (AvgIpc) is 2.21. The van der Waals surface area contributed by atoms with Gasteiger partial charge in [-0.05, 0) is 6.92 Å². The lowest BCUT2D eigenvalue weighted by atomic mass is 10.0. The SMILES string of the molecule is COc1ncnc(CC(=O)C(C)C)c1C. The van der Waals surface area contributed by atoms with Crippen LogP contribution in [0, 0.1) is 12.8 Å². The molecule has 0 amide bonds. The molecule has 0 N–H and O–H groups in total. The fourth-order valence-electron chi connectivity index (χ4n) is 1.22. The molecule has 0 atom stereocenters. The van der Waals surface area contributed by atoms with Gasteiger partial charge in [-0.15, -0.1) is 0 Å². The minimum atomic E-state index is 0.0327. The van der Waals surface area contributed by atoms with Gasteiger partial charge in [0.25, 0.3) is 0 Å². The summed E-state index contributed by atoms with van der Waals surface area (Å²) in [5, 5.41) is 0. The highest BCUT2D eigenvalue weighted by atomic mass is 16.5. The summed E-state index contributed by atoms with van der Waals surface area (Å²) in [7, 11) is 1.56. The van der Waals surface area contributed by atoms with Crippen molar-refractivity contribution in [2.45, 2.75) is 27.2 Å². The maximum atomic E-state index is 11.6. The van der Waals surface area contributed by atoms with Crippen molar-refractivity contribution in [3.8, 4) is 5.88 Å². The van der Waals surface area contributed by atoms with Crippen molar-refractivity contribution < 1.29 is 9.53 Å². The Hall–Kier alpha value is -1.45. The maximum absolute atomic E-state index is 11.6. The molecule has 0 fully saturated rings. The van der Waals surface area contributed by atoms with Crippen LogP contribution in [0.4, 0.5) is 0 Å². The van der Waals surface area contributed by atoms with E-state index in [1.165, 1.54) is 6.33 Å². The van der Waals surface area contributed by atoms with Gasteiger partial charge in [0.2, 0.25) is 5.88 Å². The van der Waals surface area contributed by atoms with Crippen molar-refractivity contribution in [3.05, 3.63) is 17.6 Å². The summed E-state index contributed by atoms with van der Waals surface area (Å²) < 4.78 is 5.07. The summed E-state index contributed by atoms with van der Waals surface area (Å²) in [6.07, 6.45) is 1.77. The third kappa shape index (κ3) is 2.75. The number of hydrogen-bond donors (Lipinski definition) is 0. The van der Waals surface area contributed by atoms with Crippen LogP contribution in [0.1, 0.15) is 25.1 Å². The van der Waals surface area contributed by atoms with Crippen LogP contribution in [0.15, 0.2) is 6.33 Å². The summed E-state index contributed by atoms with van der Waals surface area (Å²) >= 11 is 0. The second-order valence-corrected chi connectivity index (χ2v) is 3.75. The fraction of sp³-hybridized carbons (Fsp3) is 0.545. The van der Waals surface area contributed by atoms with Crippen molar-refractivity contribution in [3.63, 3.8) is 0 Å². The number of methoxy groups -OCH3 is 1. The van der Waals surface area contributed by atoms with Crippen LogP contribution in [0.25, 0.3) is 0 Å². The first kappa shape index (κ1) is 11.6. The molecule has 4 heteroatoms. The van der Waals surface area contributed by atoms with Gasteiger partial charge in [0, 0.05) is 17.9 Å². The van der Waals surface area contributed by atoms with Gasteiger partial charge < -0.3 is 4.74 Å². The number of aromatic nitrogens is 2. The van der Waals surface area contributed by atoms with Gasteiger partial charge in [0.1, 0.15) is 12.1 Å². The number of rotatable bonds is 4. The number of ether oxygens (including phenoxy) is 1. The van der Waals surface area contributed by atoms with Crippen molar-refractivity contribution in [2.75, 3.05) is 7.11 Å². The second-order valence-electron chi connectivity index (χ2n) is 3.75. The highest BCUT2D eigenvalue weighted by molar-refractivity contribution is 5.82. The van der Waals surface area contributed by atoms with Gasteiger partial charge in [0.05, 0.1) is 12.8 Å². The van der Waals surface area contributed by atoms with E-state index in [-0.39, 0.29) is 11.7 Å². The van der Waals surface area contributed by atoms with Crippen LogP contribution in [-0.4, -0.2) is 22.9 Å². The summed E-state index contributed by atoms with van der Waals surface area (Å²) in [6.45, 7) is 5.63. The number of hydrogen-bond acceptors (Lipinski definition) is 4. The molecule has 0 aliphatic carbocycles. The van der Waals surface area contributed by atoms with Crippen LogP contribution >= 0.6 is 0 Å². The molecule has 0 bridgehead atoms. The van der Waals surface area contributed by atoms with Crippen LogP contribution in [0.3, 0.4) is 0 Å². The molecule has 0 radical (unpaired) electrons. The number of nitrogens with zero attached hydrogens (tertiary/aromatic N) is 2. The van der Waals surface area contributed by atoms with E-state index in [1.54, 1.807) is 7.11 Å². The smallest absolute Gasteiger partial charge is 0.219 e. The van der Waals surface area contributed by atoms with Gasteiger partial charge >= 0.3 is 0 Å². The molecule has 0 aliphatic heterocycles. The van der Waals surface area contributed by atoms with E-state index >= 15 is 0 Å². The molecule has 1 aromatic heterocycles. The fourth-order valence-corrected chi connectivity index (χ4v) is 1.22. The zero-order chi connectivity index (χ0) is 11.4. The predicted octanol–water partition coefficient (Wildman–Crippen LogP) is 1.56. The molecular formula is C11H16N2O2. The van der Waals surface area contributed by atoms with E-state index in [2.05, 4.69) is 9.97 Å². The quantitative estimate of drug-likeness (QED) is 0.753. The average molecular weight is 208 g/mol. The Morgan fingerprint density at radius 3 is 2.67 bits per heavy atom. The predicted molar refractivity (Wildman–Crippen MR) is 56.9 cm³/mol. The molecule has 0 unspecified atom stereocenters. The first-order valence-corrected chi connectivity index (χ1v) is 4.93. The zero-order valence-electron chi connectivity index (χ0n) is 9.57. The molecule has 1 aromatic rings. The monoisotopic (exact) mass is 208 g/mol. The Bertz CT molecular complexity index is 362. The van der Waals surface area contributed by atoms with Gasteiger partial charge in [-0.1, -0.05) is 13.8 Å². The first-order valence-electron chi connectivity index (χ1n) is 4.93. The van der Waals surface area contributed by atoms with E-state index in [1.807, 2.05) is 20.8 Å². The van der Waals surface area contributed by atoms with Crippen molar-refractivity contribution in [1.29, 1.82) is 0 Å². The summed E-state index contributed by atoms with van der Waals surface area (Å²) in [6, 6.07) is 0. The highest BCUT2D eigenvalue weighted by Crippen LogP contribution is 2.16. The minimum Gasteiger partial charge on any atom is -0.481 e. The standard InChI is InChI=1S/C11H16N2O2/c1-7(2)10(14)5-9-8(3)11(15-4)13-6-12-9/h6-7H,5H2,1-4H3. The molecule has 0 spiro atoms. The lowest BCUT2D eigenvalue weighted by Gasteiger charge is -2.08. The Balaban J connectivity index is 2.91. The summed E-state index contributed by atoms with van der Waals surface area (Å²) in [5.74, 6) is 0.751. The lowest BCUT2D eigenvalue weighted by Crippen LogP contribution is -2.13. The first-order chi connectivity index (χ1) is 7.06. The van der Waals surface area contributed by atoms with E-state index in [9.17, 15) is 4.79 Å². The van der Waals surface area contributed by atoms with Crippen molar-refractivity contribution in [1.82, 2.24) is 9.97 Å². The Kier molecular flexibility index (Phi) is 3.77. The Labute approximate surface area is 89.7 Å². The molecule has 0 saturated carbocycles. The van der Waals surface area contributed by atoms with Crippen LogP contribution in [0.5, 0.6) is 5.88 Å². The zero-order valence-corrected chi connectivity index (χ0v) is 9.57. The summed E-state index contributed by atoms with van der Waals surface area (Å²) in [5.41, 5.74) is 1.59. The molecule has 0 aromatic carbocycles. The topological polar surface area (TPSA) is 52.1 Å². The van der Waals surface area contributed by atoms with Gasteiger partial charge in [-0.2, -0.15) is 0 Å². The molecule has 4 nitrogen and oxygen atoms in total. The third-order valence-corrected chi connectivity index (χ3v) is 2.32. The normalized spacial score (nSPS) is 10.5. The van der Waals surface area contributed by atoms with E-state index < -0.39 is 0 Å². The maximum Gasteiger partial charge on any atom is 0.219 e. The number of ketones is 1. The van der Waals surface area contributed by atoms with Gasteiger partial charge in [0.15, 0.2) is 0 Å². The van der Waals surface area contributed by atoms with Crippen molar-refractivity contribution in [2.24, 2.45) is 5.92 Å². The van der Waals surface area contributed by atoms with E-state index in [0.29, 0.717) is 12.3 Å². The van der Waals surface area contributed by atoms with Crippen LogP contribution < -0.4 is 4.74 Å². The van der Waals surface area contributed by atoms with Gasteiger partial charge in [-0.25, -0.2) is 9.97 Å². The lowest BCUT2D eigenvalue weighted by molar-refractivity contribution is -0.121. The number of carbonyl (C=O) groups is 1. The van der Waals surface area contributed by atoms with Crippen molar-refractivity contribution >= 4 is 5.78 Å². The second kappa shape index (κ2) is 4.87.